The highest BCUT2D eigenvalue weighted by atomic mass is 15.2. The highest BCUT2D eigenvalue weighted by Crippen LogP contribution is 2.60. The van der Waals surface area contributed by atoms with Crippen molar-refractivity contribution in [3.63, 3.8) is 0 Å². The molecule has 53 heavy (non-hydrogen) atoms. The molecule has 0 bridgehead atoms. The molecule has 0 radical (unpaired) electrons. The number of hydrogen-bond donors (Lipinski definition) is 0. The molecule has 0 heterocycles. The van der Waals surface area contributed by atoms with Gasteiger partial charge in [-0.05, 0) is 91.0 Å². The molecule has 2 aliphatic carbocycles. The molecule has 0 aromatic heterocycles. The predicted molar refractivity (Wildman–Crippen MR) is 221 cm³/mol. The minimum atomic E-state index is -0.552. The summed E-state index contributed by atoms with van der Waals surface area (Å²) >= 11 is 0. The van der Waals surface area contributed by atoms with Gasteiger partial charge in [-0.15, -0.1) is 0 Å². The molecule has 0 N–H and O–H groups in total. The third kappa shape index (κ3) is 4.57. The van der Waals surface area contributed by atoms with Crippen LogP contribution in [-0.2, 0) is 10.8 Å². The van der Waals surface area contributed by atoms with Gasteiger partial charge in [0, 0.05) is 11.1 Å². The van der Waals surface area contributed by atoms with Gasteiger partial charge < -0.3 is 4.90 Å². The Morgan fingerprint density at radius 2 is 0.792 bits per heavy atom. The maximum Gasteiger partial charge on any atom is 0.0733 e. The maximum absolute atomic E-state index is 2.55. The number of anilines is 3. The Kier molecular flexibility index (Phi) is 7.13. The topological polar surface area (TPSA) is 3.24 Å². The first-order valence-corrected chi connectivity index (χ1v) is 18.6. The lowest BCUT2D eigenvalue weighted by Crippen LogP contribution is -2.31. The molecule has 0 fully saturated rings. The number of fused-ring (bicyclic) bond motifs is 6. The Balaban J connectivity index is 1.29. The molecule has 0 aliphatic heterocycles. The van der Waals surface area contributed by atoms with Crippen molar-refractivity contribution >= 4 is 17.1 Å². The van der Waals surface area contributed by atoms with E-state index >= 15 is 0 Å². The summed E-state index contributed by atoms with van der Waals surface area (Å²) in [5.74, 6) is 0. The summed E-state index contributed by atoms with van der Waals surface area (Å²) in [6.07, 6.45) is 0. The van der Waals surface area contributed by atoms with Crippen LogP contribution in [0.5, 0.6) is 0 Å². The van der Waals surface area contributed by atoms with Crippen molar-refractivity contribution in [1.29, 1.82) is 0 Å². The molecule has 1 heteroatoms. The highest BCUT2D eigenvalue weighted by Gasteiger charge is 2.48. The summed E-state index contributed by atoms with van der Waals surface area (Å²) in [7, 11) is 0. The van der Waals surface area contributed by atoms with Gasteiger partial charge in [-0.1, -0.05) is 190 Å². The van der Waals surface area contributed by atoms with Crippen molar-refractivity contribution in [3.8, 4) is 33.4 Å². The van der Waals surface area contributed by atoms with Gasteiger partial charge in [-0.2, -0.15) is 0 Å². The number of hydrogen-bond acceptors (Lipinski definition) is 1. The molecule has 0 atom stereocenters. The first-order valence-electron chi connectivity index (χ1n) is 18.6. The van der Waals surface area contributed by atoms with Crippen LogP contribution >= 0.6 is 0 Å². The molecule has 8 aromatic rings. The van der Waals surface area contributed by atoms with Crippen molar-refractivity contribution in [3.05, 3.63) is 234 Å². The van der Waals surface area contributed by atoms with Gasteiger partial charge in [0.05, 0.1) is 16.8 Å². The zero-order valence-corrected chi connectivity index (χ0v) is 30.0. The standard InChI is InChI=1S/C52H39N/c1-51(2)44-26-12-9-24-42(44)43-25-17-31-49(50(43)51)53(39-34-32-37(33-35-39)36-18-5-3-6-19-36)48-30-16-15-29-47(48)52(38-20-7-4-8-21-38)45-27-13-10-22-40(45)41-23-11-14-28-46(41)52/h3-35H,1-2H3. The zero-order chi connectivity index (χ0) is 35.6. The van der Waals surface area contributed by atoms with Gasteiger partial charge >= 0.3 is 0 Å². The van der Waals surface area contributed by atoms with E-state index in [1.54, 1.807) is 0 Å². The summed E-state index contributed by atoms with van der Waals surface area (Å²) in [5.41, 5.74) is 18.2. The third-order valence-electron chi connectivity index (χ3n) is 11.7. The van der Waals surface area contributed by atoms with Crippen LogP contribution in [0.2, 0.25) is 0 Å². The second-order valence-corrected chi connectivity index (χ2v) is 14.8. The van der Waals surface area contributed by atoms with Gasteiger partial charge in [-0.3, -0.25) is 0 Å². The maximum atomic E-state index is 2.55. The molecule has 0 saturated carbocycles. The lowest BCUT2D eigenvalue weighted by Gasteiger charge is -2.39. The van der Waals surface area contributed by atoms with E-state index in [-0.39, 0.29) is 5.41 Å². The molecular weight excluding hydrogens is 639 g/mol. The van der Waals surface area contributed by atoms with E-state index in [1.165, 1.54) is 72.4 Å². The van der Waals surface area contributed by atoms with Crippen LogP contribution in [0, 0.1) is 0 Å². The summed E-state index contributed by atoms with van der Waals surface area (Å²) in [5, 5.41) is 0. The average Bonchev–Trinajstić information content (AvgIpc) is 3.66. The highest BCUT2D eigenvalue weighted by molar-refractivity contribution is 5.94. The van der Waals surface area contributed by atoms with E-state index in [2.05, 4.69) is 219 Å². The average molecular weight is 678 g/mol. The largest absolute Gasteiger partial charge is 0.310 e. The fraction of sp³-hybridized carbons (Fsp3) is 0.0769. The predicted octanol–water partition coefficient (Wildman–Crippen LogP) is 13.5. The lowest BCUT2D eigenvalue weighted by molar-refractivity contribution is 0.660. The van der Waals surface area contributed by atoms with Crippen molar-refractivity contribution in [2.24, 2.45) is 0 Å². The molecule has 252 valence electrons. The van der Waals surface area contributed by atoms with E-state index in [4.69, 9.17) is 0 Å². The van der Waals surface area contributed by atoms with Crippen LogP contribution in [-0.4, -0.2) is 0 Å². The number of para-hydroxylation sites is 1. The summed E-state index contributed by atoms with van der Waals surface area (Å²) in [6.45, 7) is 4.78. The minimum absolute atomic E-state index is 0.205. The molecule has 10 rings (SSSR count). The van der Waals surface area contributed by atoms with Crippen LogP contribution in [0.4, 0.5) is 17.1 Å². The smallest absolute Gasteiger partial charge is 0.0733 e. The van der Waals surface area contributed by atoms with Gasteiger partial charge in [-0.25, -0.2) is 0 Å². The van der Waals surface area contributed by atoms with E-state index in [9.17, 15) is 0 Å². The van der Waals surface area contributed by atoms with Crippen LogP contribution in [0.25, 0.3) is 33.4 Å². The second kappa shape index (κ2) is 12.1. The summed E-state index contributed by atoms with van der Waals surface area (Å²) < 4.78 is 0. The Labute approximate surface area is 312 Å². The van der Waals surface area contributed by atoms with Crippen molar-refractivity contribution in [2.45, 2.75) is 24.7 Å². The number of rotatable bonds is 6. The number of benzene rings is 8. The Morgan fingerprint density at radius 3 is 1.43 bits per heavy atom. The molecule has 0 saturated heterocycles. The zero-order valence-electron chi connectivity index (χ0n) is 30.0. The number of nitrogens with zero attached hydrogens (tertiary/aromatic N) is 1. The van der Waals surface area contributed by atoms with E-state index in [0.717, 1.165) is 11.4 Å². The molecule has 1 nitrogen and oxygen atoms in total. The van der Waals surface area contributed by atoms with Crippen LogP contribution < -0.4 is 4.90 Å². The van der Waals surface area contributed by atoms with Crippen molar-refractivity contribution in [2.75, 3.05) is 4.90 Å². The van der Waals surface area contributed by atoms with E-state index in [0.29, 0.717) is 0 Å². The van der Waals surface area contributed by atoms with Gasteiger partial charge in [0.1, 0.15) is 0 Å². The van der Waals surface area contributed by atoms with Crippen molar-refractivity contribution in [1.82, 2.24) is 0 Å². The molecule has 8 aromatic carbocycles. The minimum Gasteiger partial charge on any atom is -0.310 e. The van der Waals surface area contributed by atoms with Gasteiger partial charge in [0.25, 0.3) is 0 Å². The molecular formula is C52H39N. The first-order chi connectivity index (χ1) is 26.1. The summed E-state index contributed by atoms with van der Waals surface area (Å²) in [4.78, 5) is 2.55. The Morgan fingerprint density at radius 1 is 0.340 bits per heavy atom. The molecule has 2 aliphatic rings. The second-order valence-electron chi connectivity index (χ2n) is 14.8. The molecule has 0 unspecified atom stereocenters. The van der Waals surface area contributed by atoms with Crippen LogP contribution in [0.1, 0.15) is 47.2 Å². The molecule has 0 amide bonds. The fourth-order valence-corrected chi connectivity index (χ4v) is 9.51. The lowest BCUT2D eigenvalue weighted by atomic mass is 9.67. The van der Waals surface area contributed by atoms with Crippen LogP contribution in [0.3, 0.4) is 0 Å². The van der Waals surface area contributed by atoms with Crippen molar-refractivity contribution < 1.29 is 0 Å². The monoisotopic (exact) mass is 677 g/mol. The van der Waals surface area contributed by atoms with Crippen LogP contribution in [0.15, 0.2) is 200 Å². The SMILES string of the molecule is CC1(C)c2ccccc2-c2cccc(N(c3ccc(-c4ccccc4)cc3)c3ccccc3C3(c4ccccc4)c4ccccc4-c4ccccc43)c21. The Hall–Kier alpha value is -6.44. The quantitative estimate of drug-likeness (QED) is 0.169. The Bertz CT molecular complexity index is 2590. The first kappa shape index (κ1) is 31.3. The summed E-state index contributed by atoms with van der Waals surface area (Å²) in [6, 6.07) is 74.0. The van der Waals surface area contributed by atoms with E-state index < -0.39 is 5.41 Å². The van der Waals surface area contributed by atoms with Gasteiger partial charge in [0.2, 0.25) is 0 Å². The molecule has 0 spiro atoms. The third-order valence-corrected chi connectivity index (χ3v) is 11.7. The normalized spacial score (nSPS) is 14.2. The fourth-order valence-electron chi connectivity index (χ4n) is 9.51. The van der Waals surface area contributed by atoms with Gasteiger partial charge in [0.15, 0.2) is 0 Å². The van der Waals surface area contributed by atoms with E-state index in [1.807, 2.05) is 0 Å².